The molecule has 1 N–H and O–H groups in total. The van der Waals surface area contributed by atoms with E-state index in [2.05, 4.69) is 5.43 Å². The smallest absolute Gasteiger partial charge is 0.225 e. The zero-order chi connectivity index (χ0) is 14.5. The van der Waals surface area contributed by atoms with Crippen molar-refractivity contribution in [1.82, 2.24) is 10.4 Å². The maximum atomic E-state index is 15.9. The van der Waals surface area contributed by atoms with E-state index in [1.165, 1.54) is 6.42 Å². The lowest BCUT2D eigenvalue weighted by atomic mass is 9.96. The lowest BCUT2D eigenvalue weighted by Gasteiger charge is -2.36. The van der Waals surface area contributed by atoms with Crippen LogP contribution in [0.15, 0.2) is 60.7 Å². The zero-order valence-electron chi connectivity index (χ0n) is 12.1. The van der Waals surface area contributed by atoms with Crippen LogP contribution in [0.25, 0.3) is 0 Å². The Hall–Kier alpha value is -1.71. The molecule has 1 fully saturated rings. The Kier molecular flexibility index (Phi) is 4.32. The fourth-order valence-corrected chi connectivity index (χ4v) is 2.85. The van der Waals surface area contributed by atoms with Crippen molar-refractivity contribution in [2.24, 2.45) is 0 Å². The van der Waals surface area contributed by atoms with Gasteiger partial charge >= 0.3 is 0 Å². The zero-order valence-corrected chi connectivity index (χ0v) is 12.1. The summed E-state index contributed by atoms with van der Waals surface area (Å²) in [4.78, 5) is 0. The molecule has 1 saturated heterocycles. The minimum Gasteiger partial charge on any atom is -0.241 e. The Bertz CT molecular complexity index is 510. The van der Waals surface area contributed by atoms with Gasteiger partial charge in [0.15, 0.2) is 0 Å². The van der Waals surface area contributed by atoms with Gasteiger partial charge in [-0.25, -0.2) is 14.8 Å². The molecule has 3 rings (SSSR count). The first-order valence-corrected chi connectivity index (χ1v) is 7.62. The van der Waals surface area contributed by atoms with Gasteiger partial charge in [-0.15, -0.1) is 0 Å². The first kappa shape index (κ1) is 14.2. The summed E-state index contributed by atoms with van der Waals surface area (Å²) in [5.41, 5.74) is 4.41. The molecule has 1 aliphatic heterocycles. The molecule has 3 heteroatoms. The Balaban J connectivity index is 1.94. The lowest BCUT2D eigenvalue weighted by Crippen LogP contribution is -2.52. The highest BCUT2D eigenvalue weighted by molar-refractivity contribution is 5.35. The van der Waals surface area contributed by atoms with Crippen molar-refractivity contribution in [3.63, 3.8) is 0 Å². The maximum Gasteiger partial charge on any atom is 0.225 e. The van der Waals surface area contributed by atoms with Crippen LogP contribution in [0.2, 0.25) is 0 Å². The topological polar surface area (TPSA) is 15.3 Å². The first-order valence-electron chi connectivity index (χ1n) is 7.62. The van der Waals surface area contributed by atoms with E-state index in [1.807, 2.05) is 65.7 Å². The number of nitrogens with zero attached hydrogens (tertiary/aromatic N) is 1. The van der Waals surface area contributed by atoms with Crippen LogP contribution in [0.3, 0.4) is 0 Å². The minimum absolute atomic E-state index is 0.641. The second-order valence-electron chi connectivity index (χ2n) is 5.55. The van der Waals surface area contributed by atoms with Gasteiger partial charge in [-0.05, 0) is 12.8 Å². The number of rotatable bonds is 4. The van der Waals surface area contributed by atoms with Gasteiger partial charge in [0.05, 0.1) is 0 Å². The average Bonchev–Trinajstić information content (AvgIpc) is 2.57. The normalized spacial score (nSPS) is 16.8. The SMILES string of the molecule is FC(NN1CCCCC1)(c1ccccc1)c1ccccc1. The number of hydrogen-bond acceptors (Lipinski definition) is 2. The van der Waals surface area contributed by atoms with Crippen molar-refractivity contribution < 1.29 is 4.39 Å². The molecule has 21 heavy (non-hydrogen) atoms. The van der Waals surface area contributed by atoms with Crippen LogP contribution in [-0.4, -0.2) is 18.1 Å². The second kappa shape index (κ2) is 6.37. The molecule has 0 atom stereocenters. The third kappa shape index (κ3) is 3.14. The van der Waals surface area contributed by atoms with Gasteiger partial charge in [-0.1, -0.05) is 67.1 Å². The van der Waals surface area contributed by atoms with E-state index in [1.54, 1.807) is 0 Å². The van der Waals surface area contributed by atoms with Crippen molar-refractivity contribution in [2.45, 2.75) is 25.1 Å². The Morgan fingerprint density at radius 1 is 0.762 bits per heavy atom. The average molecular weight is 284 g/mol. The molecule has 0 saturated carbocycles. The highest BCUT2D eigenvalue weighted by Crippen LogP contribution is 2.32. The summed E-state index contributed by atoms with van der Waals surface area (Å²) in [6.07, 6.45) is 3.47. The summed E-state index contributed by atoms with van der Waals surface area (Å²) in [5, 5.41) is 2.02. The summed E-state index contributed by atoms with van der Waals surface area (Å²) in [6, 6.07) is 18.7. The van der Waals surface area contributed by atoms with E-state index >= 15 is 4.39 Å². The van der Waals surface area contributed by atoms with Crippen LogP contribution in [0.5, 0.6) is 0 Å². The number of piperidine rings is 1. The van der Waals surface area contributed by atoms with E-state index in [-0.39, 0.29) is 0 Å². The van der Waals surface area contributed by atoms with Crippen molar-refractivity contribution >= 4 is 0 Å². The molecule has 1 heterocycles. The van der Waals surface area contributed by atoms with Crippen molar-refractivity contribution in [1.29, 1.82) is 0 Å². The van der Waals surface area contributed by atoms with E-state index in [0.717, 1.165) is 25.9 Å². The molecule has 0 aromatic heterocycles. The number of hydrogen-bond donors (Lipinski definition) is 1. The Labute approximate surface area is 125 Å². The highest BCUT2D eigenvalue weighted by atomic mass is 19.1. The quantitative estimate of drug-likeness (QED) is 0.858. The van der Waals surface area contributed by atoms with Crippen molar-refractivity contribution in [2.75, 3.05) is 13.1 Å². The van der Waals surface area contributed by atoms with Gasteiger partial charge < -0.3 is 0 Å². The lowest BCUT2D eigenvalue weighted by molar-refractivity contribution is 0.0219. The molecule has 0 spiro atoms. The Morgan fingerprint density at radius 3 is 1.71 bits per heavy atom. The molecule has 2 nitrogen and oxygen atoms in total. The molecule has 0 amide bonds. The van der Waals surface area contributed by atoms with Crippen LogP contribution >= 0.6 is 0 Å². The van der Waals surface area contributed by atoms with Crippen molar-refractivity contribution in [3.05, 3.63) is 71.8 Å². The predicted octanol–water partition coefficient (Wildman–Crippen LogP) is 3.85. The molecular formula is C18H21FN2. The fraction of sp³-hybridized carbons (Fsp3) is 0.333. The standard InChI is InChI=1S/C18H21FN2/c19-18(16-10-4-1-5-11-16,17-12-6-2-7-13-17)20-21-14-8-3-9-15-21/h1-2,4-7,10-13,20H,3,8-9,14-15H2. The minimum atomic E-state index is -1.68. The van der Waals surface area contributed by atoms with Crippen molar-refractivity contribution in [3.8, 4) is 0 Å². The summed E-state index contributed by atoms with van der Waals surface area (Å²) in [5.74, 6) is -1.68. The van der Waals surface area contributed by atoms with Crippen LogP contribution in [0.1, 0.15) is 30.4 Å². The number of benzene rings is 2. The van der Waals surface area contributed by atoms with E-state index in [0.29, 0.717) is 11.1 Å². The van der Waals surface area contributed by atoms with Gasteiger partial charge in [-0.2, -0.15) is 0 Å². The number of nitrogens with one attached hydrogen (secondary N) is 1. The van der Waals surface area contributed by atoms with Crippen LogP contribution in [-0.2, 0) is 5.79 Å². The molecule has 110 valence electrons. The predicted molar refractivity (Wildman–Crippen MR) is 83.3 cm³/mol. The van der Waals surface area contributed by atoms with Crippen LogP contribution in [0, 0.1) is 0 Å². The van der Waals surface area contributed by atoms with Gasteiger partial charge in [0.25, 0.3) is 0 Å². The van der Waals surface area contributed by atoms with E-state index in [9.17, 15) is 0 Å². The third-order valence-electron chi connectivity index (χ3n) is 4.01. The monoisotopic (exact) mass is 284 g/mol. The molecule has 2 aromatic carbocycles. The fourth-order valence-electron chi connectivity index (χ4n) is 2.85. The van der Waals surface area contributed by atoms with Gasteiger partial charge in [0, 0.05) is 24.2 Å². The Morgan fingerprint density at radius 2 is 1.24 bits per heavy atom. The van der Waals surface area contributed by atoms with Gasteiger partial charge in [0.2, 0.25) is 5.79 Å². The molecular weight excluding hydrogens is 263 g/mol. The summed E-state index contributed by atoms with van der Waals surface area (Å²) in [6.45, 7) is 1.79. The van der Waals surface area contributed by atoms with E-state index < -0.39 is 5.79 Å². The molecule has 0 bridgehead atoms. The van der Waals surface area contributed by atoms with E-state index in [4.69, 9.17) is 0 Å². The number of alkyl halides is 1. The van der Waals surface area contributed by atoms with Gasteiger partial charge in [0.1, 0.15) is 0 Å². The molecule has 0 unspecified atom stereocenters. The largest absolute Gasteiger partial charge is 0.241 e. The summed E-state index contributed by atoms with van der Waals surface area (Å²) in [7, 11) is 0. The first-order chi connectivity index (χ1) is 10.3. The molecule has 0 radical (unpaired) electrons. The van der Waals surface area contributed by atoms with Crippen LogP contribution < -0.4 is 5.43 Å². The second-order valence-corrected chi connectivity index (χ2v) is 5.55. The molecule has 0 aliphatic carbocycles. The van der Waals surface area contributed by atoms with Crippen LogP contribution in [0.4, 0.5) is 4.39 Å². The molecule has 2 aromatic rings. The number of halogens is 1. The third-order valence-corrected chi connectivity index (χ3v) is 4.01. The summed E-state index contributed by atoms with van der Waals surface area (Å²) < 4.78 is 15.9. The number of hydrazine groups is 1. The van der Waals surface area contributed by atoms with Gasteiger partial charge in [-0.3, -0.25) is 0 Å². The molecule has 1 aliphatic rings. The highest BCUT2D eigenvalue weighted by Gasteiger charge is 2.36. The summed E-state index contributed by atoms with van der Waals surface area (Å²) >= 11 is 0. The maximum absolute atomic E-state index is 15.9.